The van der Waals surface area contributed by atoms with Crippen LogP contribution in [0.15, 0.2) is 35.3 Å². The van der Waals surface area contributed by atoms with E-state index in [-0.39, 0.29) is 0 Å². The molecule has 0 fully saturated rings. The van der Waals surface area contributed by atoms with Crippen molar-refractivity contribution < 1.29 is 9.47 Å². The quantitative estimate of drug-likeness (QED) is 0.758. The monoisotopic (exact) mass is 245 g/mol. The Morgan fingerprint density at radius 2 is 2.06 bits per heavy atom. The molecule has 17 heavy (non-hydrogen) atoms. The van der Waals surface area contributed by atoms with Gasteiger partial charge in [-0.3, -0.25) is 4.99 Å². The maximum absolute atomic E-state index is 5.30. The summed E-state index contributed by atoms with van der Waals surface area (Å²) in [7, 11) is 0. The second-order valence-electron chi connectivity index (χ2n) is 3.74. The number of fused-ring (bicyclic) bond motifs is 1. The van der Waals surface area contributed by atoms with Gasteiger partial charge in [0.05, 0.1) is 5.69 Å². The van der Waals surface area contributed by atoms with Crippen molar-refractivity contribution in [3.05, 3.63) is 40.1 Å². The second-order valence-corrected chi connectivity index (χ2v) is 5.06. The van der Waals surface area contributed by atoms with E-state index in [0.717, 1.165) is 22.1 Å². The zero-order valence-electron chi connectivity index (χ0n) is 9.34. The van der Waals surface area contributed by atoms with Gasteiger partial charge in [0.1, 0.15) is 0 Å². The Morgan fingerprint density at radius 1 is 1.18 bits per heavy atom. The number of hydrogen-bond donors (Lipinski definition) is 0. The summed E-state index contributed by atoms with van der Waals surface area (Å²) in [5, 5.41) is 0. The molecule has 1 aromatic carbocycles. The summed E-state index contributed by atoms with van der Waals surface area (Å²) in [6, 6.07) is 9.85. The van der Waals surface area contributed by atoms with Crippen molar-refractivity contribution >= 4 is 23.2 Å². The minimum absolute atomic E-state index is 0.298. The fraction of sp³-hybridized carbons (Fsp3) is 0.154. The van der Waals surface area contributed by atoms with Crippen LogP contribution in [0.5, 0.6) is 11.5 Å². The van der Waals surface area contributed by atoms with Crippen molar-refractivity contribution in [3.8, 4) is 11.5 Å². The molecule has 2 heterocycles. The normalized spacial score (nSPS) is 13.5. The van der Waals surface area contributed by atoms with Gasteiger partial charge in [-0.2, -0.15) is 0 Å². The molecule has 0 bridgehead atoms. The molecule has 4 heteroatoms. The summed E-state index contributed by atoms with van der Waals surface area (Å²) in [5.41, 5.74) is 0.875. The molecule has 0 N–H and O–H groups in total. The molecule has 0 saturated carbocycles. The van der Waals surface area contributed by atoms with Gasteiger partial charge in [-0.05, 0) is 31.2 Å². The standard InChI is InChI=1S/C13H11NO2S/c1-9-2-4-11(17-9)7-14-10-3-5-12-13(6-10)16-8-15-12/h2-7H,8H2,1H3. The predicted octanol–water partition coefficient (Wildman–Crippen LogP) is 3.54. The Morgan fingerprint density at radius 3 is 2.88 bits per heavy atom. The van der Waals surface area contributed by atoms with E-state index in [1.807, 2.05) is 24.4 Å². The highest BCUT2D eigenvalue weighted by Gasteiger charge is 2.12. The van der Waals surface area contributed by atoms with Crippen LogP contribution < -0.4 is 9.47 Å². The molecule has 1 aliphatic rings. The second kappa shape index (κ2) is 4.22. The lowest BCUT2D eigenvalue weighted by atomic mass is 10.3. The van der Waals surface area contributed by atoms with Crippen LogP contribution in [0.25, 0.3) is 0 Å². The SMILES string of the molecule is Cc1ccc(C=Nc2ccc3c(c2)OCO3)s1. The highest BCUT2D eigenvalue weighted by atomic mass is 32.1. The number of thiophene rings is 1. The van der Waals surface area contributed by atoms with E-state index in [9.17, 15) is 0 Å². The number of aryl methyl sites for hydroxylation is 1. The van der Waals surface area contributed by atoms with Crippen LogP contribution in [-0.4, -0.2) is 13.0 Å². The van der Waals surface area contributed by atoms with Gasteiger partial charge in [-0.15, -0.1) is 11.3 Å². The Kier molecular flexibility index (Phi) is 2.57. The van der Waals surface area contributed by atoms with E-state index < -0.39 is 0 Å². The zero-order chi connectivity index (χ0) is 11.7. The molecule has 0 spiro atoms. The van der Waals surface area contributed by atoms with Gasteiger partial charge in [0.2, 0.25) is 6.79 Å². The molecule has 0 saturated heterocycles. The van der Waals surface area contributed by atoms with Crippen molar-refractivity contribution in [2.24, 2.45) is 4.99 Å². The number of nitrogens with zero attached hydrogens (tertiary/aromatic N) is 1. The minimum Gasteiger partial charge on any atom is -0.454 e. The third-order valence-electron chi connectivity index (χ3n) is 2.46. The van der Waals surface area contributed by atoms with Crippen LogP contribution >= 0.6 is 11.3 Å². The topological polar surface area (TPSA) is 30.8 Å². The Labute approximate surface area is 103 Å². The molecule has 3 nitrogen and oxygen atoms in total. The van der Waals surface area contributed by atoms with E-state index >= 15 is 0 Å². The Bertz CT molecular complexity index is 575. The average molecular weight is 245 g/mol. The maximum Gasteiger partial charge on any atom is 0.231 e. The highest BCUT2D eigenvalue weighted by Crippen LogP contribution is 2.35. The number of rotatable bonds is 2. The number of benzene rings is 1. The smallest absolute Gasteiger partial charge is 0.231 e. The fourth-order valence-electron chi connectivity index (χ4n) is 1.63. The summed E-state index contributed by atoms with van der Waals surface area (Å²) in [6.45, 7) is 2.38. The van der Waals surface area contributed by atoms with Crippen LogP contribution in [0.1, 0.15) is 9.75 Å². The first-order chi connectivity index (χ1) is 8.31. The summed E-state index contributed by atoms with van der Waals surface area (Å²) in [4.78, 5) is 6.86. The summed E-state index contributed by atoms with van der Waals surface area (Å²) >= 11 is 1.73. The van der Waals surface area contributed by atoms with Gasteiger partial charge >= 0.3 is 0 Å². The Balaban J connectivity index is 1.83. The molecule has 2 aromatic rings. The van der Waals surface area contributed by atoms with Crippen molar-refractivity contribution in [2.45, 2.75) is 6.92 Å². The van der Waals surface area contributed by atoms with Crippen LogP contribution in [0.3, 0.4) is 0 Å². The molecule has 86 valence electrons. The third kappa shape index (κ3) is 2.17. The molecule has 0 radical (unpaired) electrons. The van der Waals surface area contributed by atoms with E-state index in [2.05, 4.69) is 24.0 Å². The van der Waals surface area contributed by atoms with Crippen LogP contribution in [-0.2, 0) is 0 Å². The summed E-state index contributed by atoms with van der Waals surface area (Å²) in [5.74, 6) is 1.55. The maximum atomic E-state index is 5.30. The van der Waals surface area contributed by atoms with E-state index in [4.69, 9.17) is 9.47 Å². The molecule has 0 aliphatic carbocycles. The molecule has 0 amide bonds. The number of aliphatic imine (C=N–C) groups is 1. The van der Waals surface area contributed by atoms with Gasteiger partial charge in [-0.1, -0.05) is 0 Å². The Hall–Kier alpha value is -1.81. The van der Waals surface area contributed by atoms with E-state index in [0.29, 0.717) is 6.79 Å². The van der Waals surface area contributed by atoms with E-state index in [1.54, 1.807) is 11.3 Å². The molecule has 0 unspecified atom stereocenters. The molecule has 1 aliphatic heterocycles. The highest BCUT2D eigenvalue weighted by molar-refractivity contribution is 7.13. The van der Waals surface area contributed by atoms with Crippen molar-refractivity contribution in [2.75, 3.05) is 6.79 Å². The van der Waals surface area contributed by atoms with E-state index in [1.165, 1.54) is 4.88 Å². The minimum atomic E-state index is 0.298. The van der Waals surface area contributed by atoms with Crippen LogP contribution in [0.2, 0.25) is 0 Å². The summed E-state index contributed by atoms with van der Waals surface area (Å²) in [6.07, 6.45) is 1.87. The van der Waals surface area contributed by atoms with Crippen molar-refractivity contribution in [1.29, 1.82) is 0 Å². The number of hydrogen-bond acceptors (Lipinski definition) is 4. The van der Waals surface area contributed by atoms with Crippen LogP contribution in [0, 0.1) is 6.92 Å². The average Bonchev–Trinajstić information content (AvgIpc) is 2.94. The first kappa shape index (κ1) is 10.4. The molecule has 0 atom stereocenters. The fourth-order valence-corrected chi connectivity index (χ4v) is 2.38. The largest absolute Gasteiger partial charge is 0.454 e. The molecule has 1 aromatic heterocycles. The lowest BCUT2D eigenvalue weighted by Crippen LogP contribution is -1.92. The zero-order valence-corrected chi connectivity index (χ0v) is 10.2. The van der Waals surface area contributed by atoms with Gasteiger partial charge < -0.3 is 9.47 Å². The lowest BCUT2D eigenvalue weighted by Gasteiger charge is -1.96. The number of ether oxygens (including phenoxy) is 2. The summed E-state index contributed by atoms with van der Waals surface area (Å²) < 4.78 is 10.5. The predicted molar refractivity (Wildman–Crippen MR) is 68.9 cm³/mol. The van der Waals surface area contributed by atoms with Gasteiger partial charge in [0, 0.05) is 22.0 Å². The first-order valence-electron chi connectivity index (χ1n) is 5.31. The van der Waals surface area contributed by atoms with Crippen molar-refractivity contribution in [1.82, 2.24) is 0 Å². The molecule has 3 rings (SSSR count). The molecular weight excluding hydrogens is 234 g/mol. The van der Waals surface area contributed by atoms with Gasteiger partial charge in [0.25, 0.3) is 0 Å². The van der Waals surface area contributed by atoms with Gasteiger partial charge in [0.15, 0.2) is 11.5 Å². The lowest BCUT2D eigenvalue weighted by molar-refractivity contribution is 0.174. The van der Waals surface area contributed by atoms with Gasteiger partial charge in [-0.25, -0.2) is 0 Å². The van der Waals surface area contributed by atoms with Crippen molar-refractivity contribution in [3.63, 3.8) is 0 Å². The third-order valence-corrected chi connectivity index (χ3v) is 3.39. The van der Waals surface area contributed by atoms with Crippen LogP contribution in [0.4, 0.5) is 5.69 Å². The molecular formula is C13H11NO2S. The first-order valence-corrected chi connectivity index (χ1v) is 6.13.